The van der Waals surface area contributed by atoms with Crippen molar-refractivity contribution in [3.8, 4) is 11.5 Å². The van der Waals surface area contributed by atoms with E-state index in [-0.39, 0.29) is 0 Å². The number of esters is 1. The Morgan fingerprint density at radius 1 is 1.33 bits per heavy atom. The van der Waals surface area contributed by atoms with Gasteiger partial charge in [-0.25, -0.2) is 4.79 Å². The average Bonchev–Trinajstić information content (AvgIpc) is 2.46. The highest BCUT2D eigenvalue weighted by Gasteiger charge is 2.23. The van der Waals surface area contributed by atoms with Crippen LogP contribution in [0.4, 0.5) is 0 Å². The number of rotatable bonds is 8. The molecule has 0 fully saturated rings. The standard InChI is InChI=1S/C16H24O5/c1-5-7-14(16(18)20-6-2)21-15-10-12(19-4)8-9-13(15)11(3)17/h8-11,14,17H,5-7H2,1-4H3. The molecule has 1 aromatic carbocycles. The van der Waals surface area contributed by atoms with Crippen LogP contribution in [0.2, 0.25) is 0 Å². The molecule has 0 saturated heterocycles. The maximum Gasteiger partial charge on any atom is 0.347 e. The smallest absolute Gasteiger partial charge is 0.347 e. The first kappa shape index (κ1) is 17.3. The number of aliphatic hydroxyl groups excluding tert-OH is 1. The molecule has 0 radical (unpaired) electrons. The van der Waals surface area contributed by atoms with Crippen LogP contribution in [0, 0.1) is 0 Å². The molecule has 0 aromatic heterocycles. The van der Waals surface area contributed by atoms with E-state index < -0.39 is 18.2 Å². The lowest BCUT2D eigenvalue weighted by atomic mass is 10.1. The van der Waals surface area contributed by atoms with Crippen molar-refractivity contribution in [3.63, 3.8) is 0 Å². The van der Waals surface area contributed by atoms with Gasteiger partial charge in [-0.15, -0.1) is 0 Å². The van der Waals surface area contributed by atoms with E-state index in [1.165, 1.54) is 0 Å². The van der Waals surface area contributed by atoms with E-state index in [0.29, 0.717) is 30.1 Å². The quantitative estimate of drug-likeness (QED) is 0.747. The number of hydrogen-bond acceptors (Lipinski definition) is 5. The molecule has 2 unspecified atom stereocenters. The van der Waals surface area contributed by atoms with Crippen LogP contribution in [0.3, 0.4) is 0 Å². The second kappa shape index (κ2) is 8.52. The van der Waals surface area contributed by atoms with Crippen LogP contribution in [0.1, 0.15) is 45.3 Å². The van der Waals surface area contributed by atoms with Gasteiger partial charge >= 0.3 is 5.97 Å². The summed E-state index contributed by atoms with van der Waals surface area (Å²) < 4.78 is 16.0. The van der Waals surface area contributed by atoms with Gasteiger partial charge in [-0.2, -0.15) is 0 Å². The van der Waals surface area contributed by atoms with Gasteiger partial charge in [0.05, 0.1) is 19.8 Å². The van der Waals surface area contributed by atoms with Crippen LogP contribution < -0.4 is 9.47 Å². The third kappa shape index (κ3) is 4.93. The summed E-state index contributed by atoms with van der Waals surface area (Å²) in [5.41, 5.74) is 0.612. The zero-order valence-electron chi connectivity index (χ0n) is 13.1. The Morgan fingerprint density at radius 2 is 2.05 bits per heavy atom. The monoisotopic (exact) mass is 296 g/mol. The molecule has 0 saturated carbocycles. The molecule has 1 aromatic rings. The molecule has 5 heteroatoms. The second-order valence-corrected chi connectivity index (χ2v) is 4.73. The van der Waals surface area contributed by atoms with Gasteiger partial charge < -0.3 is 19.3 Å². The number of benzene rings is 1. The molecule has 1 rings (SSSR count). The number of methoxy groups -OCH3 is 1. The molecule has 0 spiro atoms. The van der Waals surface area contributed by atoms with Gasteiger partial charge in [-0.1, -0.05) is 13.3 Å². The first-order valence-electron chi connectivity index (χ1n) is 7.22. The summed E-state index contributed by atoms with van der Waals surface area (Å²) in [4.78, 5) is 11.9. The van der Waals surface area contributed by atoms with Crippen LogP contribution in [0.5, 0.6) is 11.5 Å². The topological polar surface area (TPSA) is 65.0 Å². The Bertz CT molecular complexity index is 456. The van der Waals surface area contributed by atoms with E-state index in [2.05, 4.69) is 0 Å². The van der Waals surface area contributed by atoms with Crippen molar-refractivity contribution in [2.24, 2.45) is 0 Å². The molecule has 0 aliphatic carbocycles. The number of carbonyl (C=O) groups is 1. The zero-order chi connectivity index (χ0) is 15.8. The number of carbonyl (C=O) groups excluding carboxylic acids is 1. The number of aliphatic hydroxyl groups is 1. The fourth-order valence-corrected chi connectivity index (χ4v) is 1.96. The highest BCUT2D eigenvalue weighted by molar-refractivity contribution is 5.75. The number of ether oxygens (including phenoxy) is 3. The Labute approximate surface area is 125 Å². The molecule has 0 aliphatic rings. The van der Waals surface area contributed by atoms with Crippen LogP contribution in [-0.2, 0) is 9.53 Å². The summed E-state index contributed by atoms with van der Waals surface area (Å²) in [5.74, 6) is 0.656. The van der Waals surface area contributed by atoms with E-state index >= 15 is 0 Å². The summed E-state index contributed by atoms with van der Waals surface area (Å²) in [6, 6.07) is 5.14. The minimum Gasteiger partial charge on any atom is -0.497 e. The van der Waals surface area contributed by atoms with E-state index in [1.54, 1.807) is 39.2 Å². The molecule has 2 atom stereocenters. The molecule has 0 bridgehead atoms. The molecule has 0 aliphatic heterocycles. The lowest BCUT2D eigenvalue weighted by molar-refractivity contribution is -0.151. The largest absolute Gasteiger partial charge is 0.497 e. The summed E-state index contributed by atoms with van der Waals surface area (Å²) >= 11 is 0. The van der Waals surface area contributed by atoms with Crippen molar-refractivity contribution < 1.29 is 24.1 Å². The predicted octanol–water partition coefficient (Wildman–Crippen LogP) is 2.86. The Morgan fingerprint density at radius 3 is 2.57 bits per heavy atom. The molecule has 21 heavy (non-hydrogen) atoms. The first-order valence-corrected chi connectivity index (χ1v) is 7.22. The van der Waals surface area contributed by atoms with E-state index in [1.807, 2.05) is 6.92 Å². The van der Waals surface area contributed by atoms with Crippen molar-refractivity contribution in [2.45, 2.75) is 45.8 Å². The zero-order valence-corrected chi connectivity index (χ0v) is 13.1. The normalized spacial score (nSPS) is 13.4. The van der Waals surface area contributed by atoms with Crippen molar-refractivity contribution >= 4 is 5.97 Å². The van der Waals surface area contributed by atoms with E-state index in [9.17, 15) is 9.90 Å². The van der Waals surface area contributed by atoms with E-state index in [4.69, 9.17) is 14.2 Å². The SMILES string of the molecule is CCCC(Oc1cc(OC)ccc1C(C)O)C(=O)OCC. The van der Waals surface area contributed by atoms with Gasteiger partial charge in [0.15, 0.2) is 6.10 Å². The predicted molar refractivity (Wildman–Crippen MR) is 79.6 cm³/mol. The summed E-state index contributed by atoms with van der Waals surface area (Å²) in [6.45, 7) is 5.68. The third-order valence-electron chi connectivity index (χ3n) is 3.04. The van der Waals surface area contributed by atoms with Crippen LogP contribution >= 0.6 is 0 Å². The van der Waals surface area contributed by atoms with Crippen molar-refractivity contribution in [1.29, 1.82) is 0 Å². The van der Waals surface area contributed by atoms with Gasteiger partial charge in [0.25, 0.3) is 0 Å². The van der Waals surface area contributed by atoms with Crippen LogP contribution in [0.25, 0.3) is 0 Å². The maximum atomic E-state index is 11.9. The van der Waals surface area contributed by atoms with Gasteiger partial charge in [0.1, 0.15) is 11.5 Å². The van der Waals surface area contributed by atoms with Crippen LogP contribution in [-0.4, -0.2) is 30.9 Å². The molecule has 118 valence electrons. The summed E-state index contributed by atoms with van der Waals surface area (Å²) in [5, 5.41) is 9.82. The highest BCUT2D eigenvalue weighted by atomic mass is 16.6. The molecule has 0 heterocycles. The average molecular weight is 296 g/mol. The molecular formula is C16H24O5. The molecule has 0 amide bonds. The second-order valence-electron chi connectivity index (χ2n) is 4.73. The molecule has 1 N–H and O–H groups in total. The molecular weight excluding hydrogens is 272 g/mol. The van der Waals surface area contributed by atoms with Crippen molar-refractivity contribution in [1.82, 2.24) is 0 Å². The van der Waals surface area contributed by atoms with E-state index in [0.717, 1.165) is 6.42 Å². The fourth-order valence-electron chi connectivity index (χ4n) is 1.96. The highest BCUT2D eigenvalue weighted by Crippen LogP contribution is 2.31. The first-order chi connectivity index (χ1) is 10.0. The van der Waals surface area contributed by atoms with Crippen molar-refractivity contribution in [2.75, 3.05) is 13.7 Å². The Balaban J connectivity index is 3.02. The number of hydrogen-bond donors (Lipinski definition) is 1. The third-order valence-corrected chi connectivity index (χ3v) is 3.04. The summed E-state index contributed by atoms with van der Waals surface area (Å²) in [7, 11) is 1.55. The van der Waals surface area contributed by atoms with Crippen molar-refractivity contribution in [3.05, 3.63) is 23.8 Å². The lowest BCUT2D eigenvalue weighted by Crippen LogP contribution is -2.29. The summed E-state index contributed by atoms with van der Waals surface area (Å²) in [6.07, 6.45) is -0.0397. The minimum atomic E-state index is -0.699. The van der Waals surface area contributed by atoms with Gasteiger partial charge in [-0.3, -0.25) is 0 Å². The van der Waals surface area contributed by atoms with Gasteiger partial charge in [0.2, 0.25) is 0 Å². The molecule has 5 nitrogen and oxygen atoms in total. The Hall–Kier alpha value is -1.75. The fraction of sp³-hybridized carbons (Fsp3) is 0.562. The van der Waals surface area contributed by atoms with Gasteiger partial charge in [0, 0.05) is 11.6 Å². The van der Waals surface area contributed by atoms with Gasteiger partial charge in [-0.05, 0) is 32.4 Å². The lowest BCUT2D eigenvalue weighted by Gasteiger charge is -2.20. The minimum absolute atomic E-state index is 0.309. The Kier molecular flexibility index (Phi) is 7.02. The van der Waals surface area contributed by atoms with Crippen LogP contribution in [0.15, 0.2) is 18.2 Å². The maximum absolute atomic E-state index is 11.9.